The first kappa shape index (κ1) is 12.8. The summed E-state index contributed by atoms with van der Waals surface area (Å²) in [5.74, 6) is 1.69. The van der Waals surface area contributed by atoms with Crippen molar-refractivity contribution >= 4 is 5.91 Å². The highest BCUT2D eigenvalue weighted by Gasteiger charge is 2.33. The van der Waals surface area contributed by atoms with E-state index in [1.807, 2.05) is 4.90 Å². The molecule has 1 N–H and O–H groups in total. The van der Waals surface area contributed by atoms with E-state index in [0.717, 1.165) is 25.6 Å². The number of hydrogen-bond acceptors (Lipinski definition) is 3. The standard InChI is InChI=1S/C13H25N3O/c1-10-8-16(9-12(10)15(2)3)13(17)7-14-6-11-4-5-11/h10-12,14H,4-9H2,1-3H3. The van der Waals surface area contributed by atoms with Crippen LogP contribution in [0.15, 0.2) is 0 Å². The molecule has 1 heterocycles. The smallest absolute Gasteiger partial charge is 0.236 e. The molecule has 0 bridgehead atoms. The molecule has 0 radical (unpaired) electrons. The van der Waals surface area contributed by atoms with Crippen molar-refractivity contribution in [2.24, 2.45) is 11.8 Å². The minimum Gasteiger partial charge on any atom is -0.340 e. The topological polar surface area (TPSA) is 35.6 Å². The van der Waals surface area contributed by atoms with Crippen molar-refractivity contribution < 1.29 is 4.79 Å². The minimum atomic E-state index is 0.266. The van der Waals surface area contributed by atoms with Crippen LogP contribution in [0, 0.1) is 11.8 Å². The monoisotopic (exact) mass is 239 g/mol. The van der Waals surface area contributed by atoms with Gasteiger partial charge in [-0.05, 0) is 45.3 Å². The summed E-state index contributed by atoms with van der Waals surface area (Å²) in [6, 6.07) is 0.516. The fourth-order valence-corrected chi connectivity index (χ4v) is 2.64. The van der Waals surface area contributed by atoms with E-state index < -0.39 is 0 Å². The van der Waals surface area contributed by atoms with E-state index >= 15 is 0 Å². The summed E-state index contributed by atoms with van der Waals surface area (Å²) in [6.07, 6.45) is 2.68. The maximum atomic E-state index is 12.0. The van der Waals surface area contributed by atoms with Crippen molar-refractivity contribution in [3.05, 3.63) is 0 Å². The van der Waals surface area contributed by atoms with Crippen molar-refractivity contribution in [1.29, 1.82) is 0 Å². The summed E-state index contributed by atoms with van der Waals surface area (Å²) >= 11 is 0. The van der Waals surface area contributed by atoms with Crippen LogP contribution in [-0.4, -0.2) is 62.0 Å². The zero-order chi connectivity index (χ0) is 12.4. The molecule has 1 saturated carbocycles. The summed E-state index contributed by atoms with van der Waals surface area (Å²) in [7, 11) is 4.20. The zero-order valence-corrected chi connectivity index (χ0v) is 11.3. The maximum Gasteiger partial charge on any atom is 0.236 e. The Morgan fingerprint density at radius 2 is 2.06 bits per heavy atom. The molecule has 0 aromatic carbocycles. The van der Waals surface area contributed by atoms with Gasteiger partial charge in [0.05, 0.1) is 6.54 Å². The van der Waals surface area contributed by atoms with Gasteiger partial charge in [0.25, 0.3) is 0 Å². The number of amides is 1. The van der Waals surface area contributed by atoms with Gasteiger partial charge in [0.2, 0.25) is 5.91 Å². The van der Waals surface area contributed by atoms with Crippen LogP contribution in [0.4, 0.5) is 0 Å². The van der Waals surface area contributed by atoms with Crippen LogP contribution in [0.5, 0.6) is 0 Å². The van der Waals surface area contributed by atoms with Crippen LogP contribution in [-0.2, 0) is 4.79 Å². The highest BCUT2D eigenvalue weighted by atomic mass is 16.2. The van der Waals surface area contributed by atoms with E-state index in [1.165, 1.54) is 12.8 Å². The second-order valence-electron chi connectivity index (χ2n) is 5.88. The van der Waals surface area contributed by atoms with Gasteiger partial charge < -0.3 is 15.1 Å². The Bertz CT molecular complexity index is 276. The molecular weight excluding hydrogens is 214 g/mol. The third-order valence-corrected chi connectivity index (χ3v) is 3.99. The maximum absolute atomic E-state index is 12.0. The van der Waals surface area contributed by atoms with Gasteiger partial charge in [-0.3, -0.25) is 4.79 Å². The number of hydrogen-bond donors (Lipinski definition) is 1. The van der Waals surface area contributed by atoms with Crippen molar-refractivity contribution in [2.45, 2.75) is 25.8 Å². The van der Waals surface area contributed by atoms with Crippen LogP contribution in [0.1, 0.15) is 19.8 Å². The first-order chi connectivity index (χ1) is 8.08. The van der Waals surface area contributed by atoms with Crippen LogP contribution in [0.2, 0.25) is 0 Å². The summed E-state index contributed by atoms with van der Waals surface area (Å²) in [5, 5.41) is 3.28. The van der Waals surface area contributed by atoms with Gasteiger partial charge in [-0.1, -0.05) is 6.92 Å². The number of rotatable bonds is 5. The van der Waals surface area contributed by atoms with Gasteiger partial charge >= 0.3 is 0 Å². The summed E-state index contributed by atoms with van der Waals surface area (Å²) in [5.41, 5.74) is 0. The number of likely N-dealkylation sites (tertiary alicyclic amines) is 1. The molecular formula is C13H25N3O. The van der Waals surface area contributed by atoms with Gasteiger partial charge in [0.1, 0.15) is 0 Å². The molecule has 4 nitrogen and oxygen atoms in total. The van der Waals surface area contributed by atoms with Gasteiger partial charge in [0.15, 0.2) is 0 Å². The Morgan fingerprint density at radius 1 is 1.35 bits per heavy atom. The Kier molecular flexibility index (Phi) is 4.05. The van der Waals surface area contributed by atoms with Crippen molar-refractivity contribution in [2.75, 3.05) is 40.3 Å². The van der Waals surface area contributed by atoms with E-state index in [0.29, 0.717) is 18.5 Å². The van der Waals surface area contributed by atoms with Crippen molar-refractivity contribution in [3.63, 3.8) is 0 Å². The number of nitrogens with zero attached hydrogens (tertiary/aromatic N) is 2. The lowest BCUT2D eigenvalue weighted by Crippen LogP contribution is -2.39. The number of nitrogens with one attached hydrogen (secondary N) is 1. The molecule has 2 aliphatic rings. The van der Waals surface area contributed by atoms with Crippen molar-refractivity contribution in [1.82, 2.24) is 15.1 Å². The van der Waals surface area contributed by atoms with E-state index in [1.54, 1.807) is 0 Å². The van der Waals surface area contributed by atoms with Gasteiger partial charge in [0, 0.05) is 19.1 Å². The molecule has 0 aromatic heterocycles. The molecule has 2 atom stereocenters. The summed E-state index contributed by atoms with van der Waals surface area (Å²) in [6.45, 7) is 5.57. The lowest BCUT2D eigenvalue weighted by atomic mass is 10.1. The summed E-state index contributed by atoms with van der Waals surface area (Å²) < 4.78 is 0. The molecule has 1 amide bonds. The Morgan fingerprint density at radius 3 is 2.59 bits per heavy atom. The van der Waals surface area contributed by atoms with E-state index in [4.69, 9.17) is 0 Å². The van der Waals surface area contributed by atoms with Crippen LogP contribution >= 0.6 is 0 Å². The normalized spacial score (nSPS) is 29.1. The molecule has 2 rings (SSSR count). The zero-order valence-electron chi connectivity index (χ0n) is 11.3. The van der Waals surface area contributed by atoms with E-state index in [2.05, 4.69) is 31.2 Å². The lowest BCUT2D eigenvalue weighted by molar-refractivity contribution is -0.129. The molecule has 1 aliphatic heterocycles. The third kappa shape index (κ3) is 3.42. The first-order valence-corrected chi connectivity index (χ1v) is 6.73. The fraction of sp³-hybridized carbons (Fsp3) is 0.923. The highest BCUT2D eigenvalue weighted by molar-refractivity contribution is 5.78. The highest BCUT2D eigenvalue weighted by Crippen LogP contribution is 2.27. The van der Waals surface area contributed by atoms with Crippen LogP contribution in [0.25, 0.3) is 0 Å². The molecule has 1 saturated heterocycles. The van der Waals surface area contributed by atoms with Crippen LogP contribution < -0.4 is 5.32 Å². The molecule has 1 aliphatic carbocycles. The Balaban J connectivity index is 1.72. The van der Waals surface area contributed by atoms with Gasteiger partial charge in [-0.25, -0.2) is 0 Å². The van der Waals surface area contributed by atoms with E-state index in [9.17, 15) is 4.79 Å². The number of likely N-dealkylation sites (N-methyl/N-ethyl adjacent to an activating group) is 1. The molecule has 17 heavy (non-hydrogen) atoms. The molecule has 0 spiro atoms. The predicted molar refractivity (Wildman–Crippen MR) is 68.8 cm³/mol. The number of carbonyl (C=O) groups is 1. The van der Waals surface area contributed by atoms with Crippen LogP contribution in [0.3, 0.4) is 0 Å². The molecule has 98 valence electrons. The minimum absolute atomic E-state index is 0.266. The molecule has 0 aromatic rings. The molecule has 2 fully saturated rings. The Labute approximate surface area is 104 Å². The number of carbonyl (C=O) groups excluding carboxylic acids is 1. The molecule has 4 heteroatoms. The van der Waals surface area contributed by atoms with E-state index in [-0.39, 0.29) is 5.91 Å². The average Bonchev–Trinajstić information content (AvgIpc) is 2.99. The van der Waals surface area contributed by atoms with Gasteiger partial charge in [-0.15, -0.1) is 0 Å². The van der Waals surface area contributed by atoms with Gasteiger partial charge in [-0.2, -0.15) is 0 Å². The average molecular weight is 239 g/mol. The fourth-order valence-electron chi connectivity index (χ4n) is 2.64. The third-order valence-electron chi connectivity index (χ3n) is 3.99. The van der Waals surface area contributed by atoms with Crippen molar-refractivity contribution in [3.8, 4) is 0 Å². The molecule has 2 unspecified atom stereocenters. The lowest BCUT2D eigenvalue weighted by Gasteiger charge is -2.22. The Hall–Kier alpha value is -0.610. The summed E-state index contributed by atoms with van der Waals surface area (Å²) in [4.78, 5) is 16.2. The SMILES string of the molecule is CC1CN(C(=O)CNCC2CC2)CC1N(C)C. The predicted octanol–water partition coefficient (Wildman–Crippen LogP) is 0.395. The largest absolute Gasteiger partial charge is 0.340 e. The second-order valence-corrected chi connectivity index (χ2v) is 5.88. The second kappa shape index (κ2) is 5.36. The quantitative estimate of drug-likeness (QED) is 0.754. The first-order valence-electron chi connectivity index (χ1n) is 6.73.